The van der Waals surface area contributed by atoms with E-state index in [1.807, 2.05) is 4.90 Å². The van der Waals surface area contributed by atoms with Crippen LogP contribution in [0.3, 0.4) is 0 Å². The van der Waals surface area contributed by atoms with Gasteiger partial charge in [0.1, 0.15) is 23.5 Å². The highest BCUT2D eigenvalue weighted by Gasteiger charge is 2.35. The average Bonchev–Trinajstić information content (AvgIpc) is 3.40. The van der Waals surface area contributed by atoms with Crippen LogP contribution in [-0.2, 0) is 48.6 Å². The van der Waals surface area contributed by atoms with Crippen LogP contribution in [0.2, 0.25) is 0 Å². The standard InChI is InChI=1S/2C16H19F3N4O3S.C16H19F3N4O2S/c1-27(25,26)21-8-11-3-2-6-22(9-11)15-13-7-12(16(17,18)19)4-5-14(13)23(24)10-20-15;1-27(25,26)20-8-10-3-2-6-23(9-10)14-12-7-11(16(17,18)19)4-5-13(12)21-15(24)22-14;1-26(24,25)22-8-11-3-2-6-23(9-11)15-13-7-12(16(17,18)19)4-5-14(13)20-10-21-15/h4-5,7,10-11,21H,2-3,6,8-9H2,1H3;4-5,7,10,20H,2-3,6,8-9H2,1H3,(H,21,22,24);4-5,7,10-11,22H,2-3,6,8-9H2,1H3. The van der Waals surface area contributed by atoms with E-state index in [1.165, 1.54) is 18.5 Å². The van der Waals surface area contributed by atoms with Crippen LogP contribution in [-0.4, -0.2) is 128 Å². The van der Waals surface area contributed by atoms with Gasteiger partial charge in [-0.1, -0.05) is 0 Å². The first-order valence-corrected chi connectivity index (χ1v) is 30.5. The minimum atomic E-state index is -4.53. The maximum Gasteiger partial charge on any atom is 0.416 e. The van der Waals surface area contributed by atoms with E-state index in [0.29, 0.717) is 79.5 Å². The van der Waals surface area contributed by atoms with E-state index in [2.05, 4.69) is 39.1 Å². The number of hydrogen-bond acceptors (Lipinski definition) is 15. The van der Waals surface area contributed by atoms with Gasteiger partial charge in [0.25, 0.3) is 12.1 Å². The number of nitrogens with zero attached hydrogens (tertiary/aromatic N) is 8. The number of H-pyrrole nitrogens is 1. The van der Waals surface area contributed by atoms with Gasteiger partial charge in [-0.2, -0.15) is 44.5 Å². The fourth-order valence-electron chi connectivity index (χ4n) is 9.68. The van der Waals surface area contributed by atoms with Gasteiger partial charge in [-0.05, 0) is 116 Å². The van der Waals surface area contributed by atoms with Crippen molar-refractivity contribution in [2.75, 3.05) is 92.4 Å². The van der Waals surface area contributed by atoms with Gasteiger partial charge in [-0.25, -0.2) is 58.9 Å². The Morgan fingerprint density at radius 1 is 0.575 bits per heavy atom. The number of fused-ring (bicyclic) bond motifs is 3. The first-order chi connectivity index (χ1) is 37.2. The second-order valence-corrected chi connectivity index (χ2v) is 25.4. The molecule has 3 unspecified atom stereocenters. The molecule has 3 saturated heterocycles. The summed E-state index contributed by atoms with van der Waals surface area (Å²) in [7, 11) is -9.94. The van der Waals surface area contributed by atoms with Gasteiger partial charge in [-0.3, -0.25) is 0 Å². The molecule has 3 fully saturated rings. The van der Waals surface area contributed by atoms with Crippen molar-refractivity contribution >= 4 is 80.2 Å². The fourth-order valence-corrected chi connectivity index (χ4v) is 11.3. The summed E-state index contributed by atoms with van der Waals surface area (Å²) in [6, 6.07) is 9.48. The highest BCUT2D eigenvalue weighted by atomic mass is 32.2. The maximum absolute atomic E-state index is 13.1. The minimum Gasteiger partial charge on any atom is -0.710 e. The number of hydrogen-bond donors (Lipinski definition) is 4. The Bertz CT molecular complexity index is 3600. The number of nitrogens with one attached hydrogen (secondary N) is 4. The number of anilines is 3. The van der Waals surface area contributed by atoms with E-state index in [1.54, 1.807) is 9.80 Å². The molecule has 0 saturated carbocycles. The van der Waals surface area contributed by atoms with Crippen LogP contribution in [0.1, 0.15) is 55.2 Å². The topological polar surface area (TPSA) is 260 Å². The molecule has 32 heteroatoms. The van der Waals surface area contributed by atoms with Crippen molar-refractivity contribution < 1.29 is 69.5 Å². The molecule has 0 radical (unpaired) electrons. The lowest BCUT2D eigenvalue weighted by atomic mass is 9.98. The Morgan fingerprint density at radius 3 is 1.45 bits per heavy atom. The SMILES string of the molecule is CS(=O)(=O)NCC1CCCN(c2nc(=O)[nH]c3ccc(C(F)(F)F)cc23)C1.CS(=O)(=O)NCC1CCCN(c2nc[n+]([O-])c3ccc(C(F)(F)F)cc23)C1.CS(=O)(=O)NCC1CCCN(c2ncnc3ccc(C(F)(F)F)cc23)C1. The number of halogens is 9. The van der Waals surface area contributed by atoms with Crippen molar-refractivity contribution in [1.82, 2.24) is 39.1 Å². The number of rotatable bonds is 12. The summed E-state index contributed by atoms with van der Waals surface area (Å²) in [4.78, 5) is 36.0. The molecule has 0 amide bonds. The monoisotopic (exact) mass is 1200 g/mol. The summed E-state index contributed by atoms with van der Waals surface area (Å²) < 4.78 is 193. The van der Waals surface area contributed by atoms with E-state index < -0.39 is 71.0 Å². The molecule has 3 atom stereocenters. The van der Waals surface area contributed by atoms with E-state index >= 15 is 0 Å². The van der Waals surface area contributed by atoms with Gasteiger partial charge in [0.15, 0.2) is 0 Å². The zero-order valence-electron chi connectivity index (χ0n) is 43.2. The number of piperidine rings is 3. The first kappa shape index (κ1) is 61.4. The average molecular weight is 1200 g/mol. The third kappa shape index (κ3) is 16.9. The van der Waals surface area contributed by atoms with Crippen LogP contribution < -0.4 is 39.3 Å². The minimum absolute atomic E-state index is 0.00398. The van der Waals surface area contributed by atoms with E-state index in [4.69, 9.17) is 0 Å². The Hall–Kier alpha value is -6.22. The largest absolute Gasteiger partial charge is 0.710 e. The van der Waals surface area contributed by atoms with Crippen LogP contribution >= 0.6 is 0 Å². The van der Waals surface area contributed by atoms with Gasteiger partial charge < -0.3 is 24.9 Å². The molecule has 20 nitrogen and oxygen atoms in total. The zero-order valence-corrected chi connectivity index (χ0v) is 45.6. The van der Waals surface area contributed by atoms with Gasteiger partial charge in [0.2, 0.25) is 30.1 Å². The van der Waals surface area contributed by atoms with Gasteiger partial charge >= 0.3 is 24.2 Å². The lowest BCUT2D eigenvalue weighted by molar-refractivity contribution is -0.580. The molecule has 438 valence electrons. The lowest BCUT2D eigenvalue weighted by Gasteiger charge is -2.34. The maximum atomic E-state index is 13.1. The van der Waals surface area contributed by atoms with Crippen molar-refractivity contribution in [2.24, 2.45) is 17.8 Å². The fraction of sp³-hybridized carbons (Fsp3) is 0.500. The third-order valence-electron chi connectivity index (χ3n) is 13.4. The molecule has 3 aliphatic heterocycles. The molecular weight excluding hydrogens is 1140 g/mol. The van der Waals surface area contributed by atoms with Crippen LogP contribution in [0.15, 0.2) is 72.0 Å². The number of benzene rings is 3. The number of alkyl halides is 9. The summed E-state index contributed by atoms with van der Waals surface area (Å²) in [5, 5.41) is 12.6. The van der Waals surface area contributed by atoms with Crippen molar-refractivity contribution in [3.8, 4) is 0 Å². The second-order valence-electron chi connectivity index (χ2n) is 19.9. The van der Waals surface area contributed by atoms with Gasteiger partial charge in [0.05, 0.1) is 51.9 Å². The Balaban J connectivity index is 0.000000173. The Labute approximate surface area is 453 Å². The molecule has 6 aromatic rings. The van der Waals surface area contributed by atoms with Crippen molar-refractivity contribution in [3.63, 3.8) is 0 Å². The van der Waals surface area contributed by atoms with Crippen LogP contribution in [0.5, 0.6) is 0 Å². The van der Waals surface area contributed by atoms with Crippen molar-refractivity contribution in [1.29, 1.82) is 0 Å². The molecule has 3 aliphatic rings. The smallest absolute Gasteiger partial charge is 0.416 e. The highest BCUT2D eigenvalue weighted by molar-refractivity contribution is 7.89. The third-order valence-corrected chi connectivity index (χ3v) is 15.5. The summed E-state index contributed by atoms with van der Waals surface area (Å²) in [5.74, 6) is 0.960. The molecular formula is C48H57F9N12O8S3. The molecule has 6 heterocycles. The molecule has 9 rings (SSSR count). The van der Waals surface area contributed by atoms with E-state index in [-0.39, 0.29) is 58.5 Å². The molecule has 80 heavy (non-hydrogen) atoms. The number of aromatic nitrogens is 6. The number of aromatic amines is 1. The normalized spacial score (nSPS) is 18.9. The summed E-state index contributed by atoms with van der Waals surface area (Å²) in [6.07, 6.45) is -3.20. The molecule has 3 aromatic carbocycles. The van der Waals surface area contributed by atoms with E-state index in [0.717, 1.165) is 99.7 Å². The van der Waals surface area contributed by atoms with Gasteiger partial charge in [-0.15, -0.1) is 0 Å². The van der Waals surface area contributed by atoms with Crippen LogP contribution in [0.4, 0.5) is 57.0 Å². The summed E-state index contributed by atoms with van der Waals surface area (Å²) >= 11 is 0. The molecule has 4 N–H and O–H groups in total. The summed E-state index contributed by atoms with van der Waals surface area (Å²) in [5.41, 5.74) is -2.24. The Kier molecular flexibility index (Phi) is 18.8. The first-order valence-electron chi connectivity index (χ1n) is 24.8. The van der Waals surface area contributed by atoms with Gasteiger partial charge in [0, 0.05) is 69.7 Å². The zero-order chi connectivity index (χ0) is 58.6. The van der Waals surface area contributed by atoms with Crippen LogP contribution in [0.25, 0.3) is 32.7 Å². The molecule has 0 bridgehead atoms. The van der Waals surface area contributed by atoms with Crippen LogP contribution in [0, 0.1) is 23.0 Å². The Morgan fingerprint density at radius 2 is 0.988 bits per heavy atom. The van der Waals surface area contributed by atoms with Crippen molar-refractivity contribution in [3.05, 3.63) is 99.6 Å². The highest BCUT2D eigenvalue weighted by Crippen LogP contribution is 2.37. The quantitative estimate of drug-likeness (QED) is 0.0644. The predicted octanol–water partition coefficient (Wildman–Crippen LogP) is 5.77. The molecule has 3 aromatic heterocycles. The second kappa shape index (κ2) is 24.5. The molecule has 0 spiro atoms. The summed E-state index contributed by atoms with van der Waals surface area (Å²) in [6.45, 7) is 3.86. The number of sulfonamides is 3. The lowest BCUT2D eigenvalue weighted by Crippen LogP contribution is -2.41. The van der Waals surface area contributed by atoms with Crippen molar-refractivity contribution in [2.45, 2.75) is 57.1 Å². The van der Waals surface area contributed by atoms with E-state index in [9.17, 15) is 74.8 Å². The molecule has 0 aliphatic carbocycles. The predicted molar refractivity (Wildman–Crippen MR) is 281 cm³/mol.